The molecule has 1 aliphatic heterocycles. The fourth-order valence-corrected chi connectivity index (χ4v) is 2.58. The first-order valence-corrected chi connectivity index (χ1v) is 7.44. The van der Waals surface area contributed by atoms with Crippen LogP contribution in [-0.2, 0) is 6.42 Å². The summed E-state index contributed by atoms with van der Waals surface area (Å²) < 4.78 is 5.16. The Balaban J connectivity index is 1.51. The number of rotatable bonds is 8. The average molecular weight is 262 g/mol. The monoisotopic (exact) mass is 262 g/mol. The van der Waals surface area contributed by atoms with Gasteiger partial charge in [0.25, 0.3) is 0 Å². The lowest BCUT2D eigenvalue weighted by atomic mass is 10.1. The van der Waals surface area contributed by atoms with Crippen LogP contribution in [0, 0.1) is 0 Å². The Morgan fingerprint density at radius 3 is 2.53 bits per heavy atom. The van der Waals surface area contributed by atoms with Crippen LogP contribution in [0.2, 0.25) is 0 Å². The summed E-state index contributed by atoms with van der Waals surface area (Å²) in [6, 6.07) is 8.39. The van der Waals surface area contributed by atoms with E-state index in [-0.39, 0.29) is 0 Å². The fraction of sp³-hybridized carbons (Fsp3) is 0.625. The summed E-state index contributed by atoms with van der Waals surface area (Å²) in [7, 11) is 1.71. The van der Waals surface area contributed by atoms with Crippen molar-refractivity contribution < 1.29 is 4.74 Å². The van der Waals surface area contributed by atoms with E-state index in [1.165, 1.54) is 44.5 Å². The van der Waals surface area contributed by atoms with Crippen molar-refractivity contribution in [3.8, 4) is 5.75 Å². The zero-order chi connectivity index (χ0) is 13.3. The smallest absolute Gasteiger partial charge is 0.118 e. The van der Waals surface area contributed by atoms with Crippen molar-refractivity contribution >= 4 is 0 Å². The van der Waals surface area contributed by atoms with Crippen LogP contribution < -0.4 is 10.1 Å². The van der Waals surface area contributed by atoms with Crippen LogP contribution in [0.25, 0.3) is 0 Å². The number of aryl methyl sites for hydroxylation is 1. The molecule has 1 aromatic rings. The van der Waals surface area contributed by atoms with Crippen LogP contribution in [0.4, 0.5) is 0 Å². The summed E-state index contributed by atoms with van der Waals surface area (Å²) in [6.07, 6.45) is 5.11. The summed E-state index contributed by atoms with van der Waals surface area (Å²) in [4.78, 5) is 2.55. The van der Waals surface area contributed by atoms with Crippen molar-refractivity contribution in [2.45, 2.75) is 25.7 Å². The van der Waals surface area contributed by atoms with Crippen LogP contribution in [0.3, 0.4) is 0 Å². The van der Waals surface area contributed by atoms with Crippen LogP contribution in [-0.4, -0.2) is 44.7 Å². The molecule has 1 saturated heterocycles. The number of likely N-dealkylation sites (tertiary alicyclic amines) is 1. The van der Waals surface area contributed by atoms with Gasteiger partial charge in [-0.05, 0) is 63.0 Å². The molecular formula is C16H26N2O. The quantitative estimate of drug-likeness (QED) is 0.728. The number of nitrogens with zero attached hydrogens (tertiary/aromatic N) is 1. The van der Waals surface area contributed by atoms with Crippen LogP contribution in [0.5, 0.6) is 5.75 Å². The lowest BCUT2D eigenvalue weighted by molar-refractivity contribution is 0.336. The van der Waals surface area contributed by atoms with E-state index in [9.17, 15) is 0 Å². The fourth-order valence-electron chi connectivity index (χ4n) is 2.58. The van der Waals surface area contributed by atoms with E-state index in [2.05, 4.69) is 22.3 Å². The van der Waals surface area contributed by atoms with Crippen molar-refractivity contribution in [3.05, 3.63) is 29.8 Å². The highest BCUT2D eigenvalue weighted by Gasteiger charge is 2.09. The van der Waals surface area contributed by atoms with Crippen LogP contribution >= 0.6 is 0 Å². The Kier molecular flexibility index (Phi) is 6.18. The number of nitrogens with one attached hydrogen (secondary N) is 1. The molecule has 1 fully saturated rings. The van der Waals surface area contributed by atoms with Crippen molar-refractivity contribution in [2.75, 3.05) is 39.8 Å². The summed E-state index contributed by atoms with van der Waals surface area (Å²) in [5, 5.41) is 3.54. The molecule has 0 aromatic heterocycles. The molecule has 0 unspecified atom stereocenters. The Bertz CT molecular complexity index is 344. The zero-order valence-corrected chi connectivity index (χ0v) is 12.0. The highest BCUT2D eigenvalue weighted by Crippen LogP contribution is 2.12. The van der Waals surface area contributed by atoms with E-state index in [0.29, 0.717) is 0 Å². The first kappa shape index (κ1) is 14.4. The molecular weight excluding hydrogens is 236 g/mol. The van der Waals surface area contributed by atoms with Crippen LogP contribution in [0.1, 0.15) is 24.8 Å². The van der Waals surface area contributed by atoms with E-state index < -0.39 is 0 Å². The predicted octanol–water partition coefficient (Wildman–Crippen LogP) is 2.31. The molecule has 0 amide bonds. The number of ether oxygens (including phenoxy) is 1. The molecule has 0 radical (unpaired) electrons. The van der Waals surface area contributed by atoms with Gasteiger partial charge >= 0.3 is 0 Å². The van der Waals surface area contributed by atoms with E-state index >= 15 is 0 Å². The van der Waals surface area contributed by atoms with Gasteiger partial charge in [0.05, 0.1) is 7.11 Å². The molecule has 0 atom stereocenters. The van der Waals surface area contributed by atoms with Gasteiger partial charge in [0.15, 0.2) is 0 Å². The molecule has 0 aliphatic carbocycles. The number of methoxy groups -OCH3 is 1. The Morgan fingerprint density at radius 1 is 1.11 bits per heavy atom. The second-order valence-corrected chi connectivity index (χ2v) is 5.25. The highest BCUT2D eigenvalue weighted by molar-refractivity contribution is 5.27. The molecule has 19 heavy (non-hydrogen) atoms. The first-order chi connectivity index (χ1) is 9.38. The van der Waals surface area contributed by atoms with Gasteiger partial charge < -0.3 is 15.0 Å². The second-order valence-electron chi connectivity index (χ2n) is 5.25. The maximum atomic E-state index is 5.16. The van der Waals surface area contributed by atoms with E-state index in [1.807, 2.05) is 12.1 Å². The molecule has 2 rings (SSSR count). The van der Waals surface area contributed by atoms with Gasteiger partial charge in [-0.2, -0.15) is 0 Å². The van der Waals surface area contributed by atoms with Gasteiger partial charge in [-0.3, -0.25) is 0 Å². The van der Waals surface area contributed by atoms with Gasteiger partial charge in [-0.1, -0.05) is 12.1 Å². The molecule has 106 valence electrons. The van der Waals surface area contributed by atoms with E-state index in [0.717, 1.165) is 25.3 Å². The first-order valence-electron chi connectivity index (χ1n) is 7.44. The van der Waals surface area contributed by atoms with Crippen molar-refractivity contribution in [1.29, 1.82) is 0 Å². The van der Waals surface area contributed by atoms with Crippen molar-refractivity contribution in [3.63, 3.8) is 0 Å². The maximum absolute atomic E-state index is 5.16. The minimum atomic E-state index is 0.937. The Morgan fingerprint density at radius 2 is 1.84 bits per heavy atom. The molecule has 3 heteroatoms. The third-order valence-corrected chi connectivity index (χ3v) is 3.78. The van der Waals surface area contributed by atoms with Gasteiger partial charge in [0.1, 0.15) is 5.75 Å². The topological polar surface area (TPSA) is 24.5 Å². The van der Waals surface area contributed by atoms with Gasteiger partial charge in [0.2, 0.25) is 0 Å². The van der Waals surface area contributed by atoms with Gasteiger partial charge in [-0.15, -0.1) is 0 Å². The van der Waals surface area contributed by atoms with Gasteiger partial charge in [0, 0.05) is 13.1 Å². The number of hydrogen-bond acceptors (Lipinski definition) is 3. The molecule has 0 bridgehead atoms. The molecule has 0 spiro atoms. The predicted molar refractivity (Wildman–Crippen MR) is 79.9 cm³/mol. The summed E-state index contributed by atoms with van der Waals surface area (Å²) >= 11 is 0. The van der Waals surface area contributed by atoms with Crippen molar-refractivity contribution in [1.82, 2.24) is 10.2 Å². The molecule has 1 heterocycles. The lowest BCUT2D eigenvalue weighted by Gasteiger charge is -2.14. The van der Waals surface area contributed by atoms with Gasteiger partial charge in [-0.25, -0.2) is 0 Å². The Labute approximate surface area is 116 Å². The third kappa shape index (κ3) is 5.21. The summed E-state index contributed by atoms with van der Waals surface area (Å²) in [6.45, 7) is 6.05. The van der Waals surface area contributed by atoms with Crippen LogP contribution in [0.15, 0.2) is 24.3 Å². The minimum absolute atomic E-state index is 0.937. The maximum Gasteiger partial charge on any atom is 0.118 e. The molecule has 3 nitrogen and oxygen atoms in total. The van der Waals surface area contributed by atoms with Crippen molar-refractivity contribution in [2.24, 2.45) is 0 Å². The SMILES string of the molecule is COc1ccc(CCCNCCN2CCCC2)cc1. The summed E-state index contributed by atoms with van der Waals surface area (Å²) in [5.74, 6) is 0.937. The summed E-state index contributed by atoms with van der Waals surface area (Å²) in [5.41, 5.74) is 1.39. The molecule has 1 aliphatic rings. The largest absolute Gasteiger partial charge is 0.497 e. The lowest BCUT2D eigenvalue weighted by Crippen LogP contribution is -2.30. The normalized spacial score (nSPS) is 15.8. The standard InChI is InChI=1S/C16H26N2O/c1-19-16-8-6-15(7-9-16)5-4-10-17-11-14-18-12-2-3-13-18/h6-9,17H,2-5,10-14H2,1H3. The molecule has 1 N–H and O–H groups in total. The molecule has 1 aromatic carbocycles. The molecule has 0 saturated carbocycles. The average Bonchev–Trinajstić information content (AvgIpc) is 2.96. The highest BCUT2D eigenvalue weighted by atomic mass is 16.5. The van der Waals surface area contributed by atoms with E-state index in [1.54, 1.807) is 7.11 Å². The Hall–Kier alpha value is -1.06. The van der Waals surface area contributed by atoms with E-state index in [4.69, 9.17) is 4.74 Å². The zero-order valence-electron chi connectivity index (χ0n) is 12.0. The third-order valence-electron chi connectivity index (χ3n) is 3.78. The minimum Gasteiger partial charge on any atom is -0.497 e. The second kappa shape index (κ2) is 8.18. The number of hydrogen-bond donors (Lipinski definition) is 1. The number of benzene rings is 1.